The highest BCUT2D eigenvalue weighted by Crippen LogP contribution is 2.33. The quantitative estimate of drug-likeness (QED) is 0.153. The molecule has 1 saturated heterocycles. The second-order valence-electron chi connectivity index (χ2n) is 11.4. The van der Waals surface area contributed by atoms with Crippen LogP contribution in [0.15, 0.2) is 60.7 Å². The summed E-state index contributed by atoms with van der Waals surface area (Å²) in [6.07, 6.45) is 1.14. The van der Waals surface area contributed by atoms with E-state index in [1.165, 1.54) is 20.3 Å². The summed E-state index contributed by atoms with van der Waals surface area (Å²) in [5.41, 5.74) is 6.01. The average molecular weight is 635 g/mol. The van der Waals surface area contributed by atoms with Crippen LogP contribution < -0.4 is 9.47 Å². The lowest BCUT2D eigenvalue weighted by Crippen LogP contribution is -2.31. The Balaban J connectivity index is 1.33. The number of hydrogen-bond donors (Lipinski definition) is 0. The fourth-order valence-electron chi connectivity index (χ4n) is 5.95. The monoisotopic (exact) mass is 634 g/mol. The highest BCUT2D eigenvalue weighted by Gasteiger charge is 2.25. The Morgan fingerprint density at radius 2 is 1.89 bits per heavy atom. The summed E-state index contributed by atoms with van der Waals surface area (Å²) in [5, 5.41) is 0. The van der Waals surface area contributed by atoms with Gasteiger partial charge in [-0.3, -0.25) is 0 Å². The summed E-state index contributed by atoms with van der Waals surface area (Å²) < 4.78 is 46.6. The molecule has 4 bridgehead atoms. The van der Waals surface area contributed by atoms with Gasteiger partial charge in [-0.2, -0.15) is 0 Å². The number of fused-ring (bicyclic) bond motifs is 7. The van der Waals surface area contributed by atoms with Gasteiger partial charge < -0.3 is 28.3 Å². The van der Waals surface area contributed by atoms with E-state index in [1.807, 2.05) is 10.6 Å². The van der Waals surface area contributed by atoms with Crippen LogP contribution >= 0.6 is 0 Å². The molecule has 0 N–H and O–H groups in total. The van der Waals surface area contributed by atoms with Crippen LogP contribution in [-0.4, -0.2) is 47.4 Å². The molecule has 7 rings (SSSR count). The highest BCUT2D eigenvalue weighted by atomic mass is 19.1. The van der Waals surface area contributed by atoms with Crippen LogP contribution in [0.3, 0.4) is 0 Å². The Kier molecular flexibility index (Phi) is 8.28. The lowest BCUT2D eigenvalue weighted by molar-refractivity contribution is -0.0589. The number of imidazole rings is 1. The molecular weight excluding hydrogens is 603 g/mol. The van der Waals surface area contributed by atoms with E-state index in [4.69, 9.17) is 35.2 Å². The summed E-state index contributed by atoms with van der Waals surface area (Å²) in [4.78, 5) is 25.6. The van der Waals surface area contributed by atoms with Crippen LogP contribution in [-0.2, 0) is 47.0 Å². The van der Waals surface area contributed by atoms with E-state index >= 15 is 4.39 Å². The number of esters is 1. The van der Waals surface area contributed by atoms with E-state index in [1.54, 1.807) is 48.5 Å². The minimum Gasteiger partial charge on any atom is -0.494 e. The summed E-state index contributed by atoms with van der Waals surface area (Å²) in [6, 6.07) is 17.3. The summed E-state index contributed by atoms with van der Waals surface area (Å²) in [6.45, 7) is 9.27. The predicted octanol–water partition coefficient (Wildman–Crippen LogP) is 6.57. The largest absolute Gasteiger partial charge is 0.494 e. The maximum atomic E-state index is 16.0. The van der Waals surface area contributed by atoms with E-state index in [9.17, 15) is 4.79 Å². The van der Waals surface area contributed by atoms with Gasteiger partial charge in [-0.05, 0) is 59.0 Å². The number of aromatic nitrogens is 3. The number of carbonyl (C=O) groups is 1. The van der Waals surface area contributed by atoms with Crippen LogP contribution in [0.5, 0.6) is 11.6 Å². The fourth-order valence-corrected chi connectivity index (χ4v) is 5.95. The highest BCUT2D eigenvalue weighted by molar-refractivity contribution is 5.96. The molecule has 4 heterocycles. The number of halogens is 1. The molecule has 0 saturated carbocycles. The Morgan fingerprint density at radius 3 is 2.66 bits per heavy atom. The van der Waals surface area contributed by atoms with Crippen molar-refractivity contribution in [3.8, 4) is 22.9 Å². The smallest absolute Gasteiger partial charge is 0.338 e. The van der Waals surface area contributed by atoms with Crippen molar-refractivity contribution in [2.24, 2.45) is 0 Å². The normalized spacial score (nSPS) is 15.6. The van der Waals surface area contributed by atoms with Crippen molar-refractivity contribution in [3.63, 3.8) is 0 Å². The molecule has 1 fully saturated rings. The van der Waals surface area contributed by atoms with Gasteiger partial charge in [0.25, 0.3) is 0 Å². The van der Waals surface area contributed by atoms with E-state index in [0.717, 1.165) is 23.1 Å². The molecule has 11 heteroatoms. The lowest BCUT2D eigenvalue weighted by Gasteiger charge is -2.27. The number of nitrogens with zero attached hydrogens (tertiary/aromatic N) is 4. The van der Waals surface area contributed by atoms with Gasteiger partial charge in [-0.25, -0.2) is 24.0 Å². The molecule has 5 aromatic rings. The molecule has 2 aliphatic rings. The van der Waals surface area contributed by atoms with Crippen LogP contribution in [0, 0.1) is 12.4 Å². The minimum atomic E-state index is -0.492. The first-order chi connectivity index (χ1) is 22.9. The topological polar surface area (TPSA) is 98.3 Å². The average Bonchev–Trinajstić information content (AvgIpc) is 3.42. The van der Waals surface area contributed by atoms with Gasteiger partial charge in [0.2, 0.25) is 5.88 Å². The van der Waals surface area contributed by atoms with Gasteiger partial charge in [0.05, 0.1) is 63.4 Å². The maximum absolute atomic E-state index is 16.0. The zero-order valence-corrected chi connectivity index (χ0v) is 25.9. The lowest BCUT2D eigenvalue weighted by atomic mass is 9.98. The molecule has 238 valence electrons. The molecule has 0 aliphatic carbocycles. The van der Waals surface area contributed by atoms with E-state index in [-0.39, 0.29) is 32.3 Å². The summed E-state index contributed by atoms with van der Waals surface area (Å²) in [7, 11) is 2.86. The standard InChI is InChI=1S/C36H31FN4O6/c1-38-26-8-7-21-20-47-34-6-4-5-30(39-34)28-12-25(19-45-18-24(21)11-26)22(13-29(28)37)16-33-40-35-31(41(33)17-27-9-10-46-27)14-23(36(42)44-3)15-32(35)43-2/h4-8,11-15,27H,9-10,16-20H2,2-3H3/t27-/m0/s1. The zero-order chi connectivity index (χ0) is 32.5. The molecule has 0 amide bonds. The Bertz CT molecular complexity index is 2050. The van der Waals surface area contributed by atoms with Crippen molar-refractivity contribution in [1.82, 2.24) is 14.5 Å². The van der Waals surface area contributed by atoms with Crippen molar-refractivity contribution in [3.05, 3.63) is 112 Å². The third kappa shape index (κ3) is 6.01. The summed E-state index contributed by atoms with van der Waals surface area (Å²) in [5.74, 6) is 0.513. The molecule has 47 heavy (non-hydrogen) atoms. The first-order valence-corrected chi connectivity index (χ1v) is 15.2. The number of ether oxygens (including phenoxy) is 5. The molecule has 0 spiro atoms. The second kappa shape index (κ2) is 12.8. The van der Waals surface area contributed by atoms with Crippen molar-refractivity contribution in [2.45, 2.75) is 45.3 Å². The SMILES string of the molecule is [C-]#[N+]c1ccc2c(c1)COCc1cc(c(F)cc1Cc1nc3c(OC)cc(C(=O)OC)cc3n1C[C@@H]1CCO1)-c1cccc(n1)OC2. The van der Waals surface area contributed by atoms with Gasteiger partial charge in [-0.15, -0.1) is 0 Å². The Morgan fingerprint density at radius 1 is 1.04 bits per heavy atom. The molecule has 2 aliphatic heterocycles. The molecule has 0 unspecified atom stereocenters. The van der Waals surface area contributed by atoms with Crippen LogP contribution in [0.25, 0.3) is 27.1 Å². The minimum absolute atomic E-state index is 0.0173. The van der Waals surface area contributed by atoms with Gasteiger partial charge in [0.15, 0.2) is 5.69 Å². The number of benzene rings is 3. The van der Waals surface area contributed by atoms with E-state index in [0.29, 0.717) is 69.7 Å². The van der Waals surface area contributed by atoms with E-state index in [2.05, 4.69) is 9.83 Å². The van der Waals surface area contributed by atoms with Crippen molar-refractivity contribution in [1.29, 1.82) is 0 Å². The van der Waals surface area contributed by atoms with Crippen LogP contribution in [0.4, 0.5) is 10.1 Å². The Labute approximate surface area is 270 Å². The maximum Gasteiger partial charge on any atom is 0.338 e. The number of hydrogen-bond acceptors (Lipinski definition) is 8. The van der Waals surface area contributed by atoms with Gasteiger partial charge in [0.1, 0.15) is 29.5 Å². The van der Waals surface area contributed by atoms with Gasteiger partial charge in [-0.1, -0.05) is 24.3 Å². The molecule has 1 atom stereocenters. The van der Waals surface area contributed by atoms with Crippen LogP contribution in [0.1, 0.15) is 44.9 Å². The molecule has 10 nitrogen and oxygen atoms in total. The number of methoxy groups -OCH3 is 2. The van der Waals surface area contributed by atoms with Crippen molar-refractivity contribution in [2.75, 3.05) is 20.8 Å². The molecule has 3 aromatic carbocycles. The number of rotatable bonds is 6. The predicted molar refractivity (Wildman–Crippen MR) is 170 cm³/mol. The van der Waals surface area contributed by atoms with Crippen molar-refractivity contribution < 1.29 is 32.9 Å². The van der Waals surface area contributed by atoms with Gasteiger partial charge >= 0.3 is 5.97 Å². The second-order valence-corrected chi connectivity index (χ2v) is 11.4. The van der Waals surface area contributed by atoms with Crippen LogP contribution in [0.2, 0.25) is 0 Å². The molecular formula is C36H31FN4O6. The first-order valence-electron chi connectivity index (χ1n) is 15.2. The van der Waals surface area contributed by atoms with E-state index < -0.39 is 11.8 Å². The first kappa shape index (κ1) is 30.3. The van der Waals surface area contributed by atoms with Crippen molar-refractivity contribution >= 4 is 22.7 Å². The summed E-state index contributed by atoms with van der Waals surface area (Å²) >= 11 is 0. The molecule has 2 aromatic heterocycles. The fraction of sp³-hybridized carbons (Fsp3) is 0.278. The number of carbonyl (C=O) groups excluding carboxylic acids is 1. The number of pyridine rings is 1. The Hall–Kier alpha value is -5.31. The third-order valence-electron chi connectivity index (χ3n) is 8.57. The zero-order valence-electron chi connectivity index (χ0n) is 25.9. The van der Waals surface area contributed by atoms with Gasteiger partial charge in [0, 0.05) is 24.7 Å². The molecule has 0 radical (unpaired) electrons. The third-order valence-corrected chi connectivity index (χ3v) is 8.57.